The molecule has 162 valence electrons. The van der Waals surface area contributed by atoms with E-state index in [-0.39, 0.29) is 17.4 Å². The highest BCUT2D eigenvalue weighted by Gasteiger charge is 2.17. The first kappa shape index (κ1) is 21.2. The average Bonchev–Trinajstić information content (AvgIpc) is 3.14. The van der Waals surface area contributed by atoms with Gasteiger partial charge in [0, 0.05) is 42.2 Å². The molecule has 3 aromatic rings. The minimum atomic E-state index is -0.537. The van der Waals surface area contributed by atoms with Crippen molar-refractivity contribution in [3.05, 3.63) is 77.6 Å². The minimum absolute atomic E-state index is 0.258. The number of rotatable bonds is 5. The number of anilines is 2. The number of hydrogen-bond acceptors (Lipinski definition) is 4. The molecule has 2 aromatic carbocycles. The molecule has 1 aliphatic heterocycles. The summed E-state index contributed by atoms with van der Waals surface area (Å²) in [7, 11) is 1.67. The van der Waals surface area contributed by atoms with Crippen LogP contribution in [0.4, 0.5) is 15.9 Å². The smallest absolute Gasteiger partial charge is 0.257 e. The summed E-state index contributed by atoms with van der Waals surface area (Å²) < 4.78 is 16.3. The van der Waals surface area contributed by atoms with E-state index >= 15 is 0 Å². The molecule has 1 aliphatic rings. The fraction of sp³-hybridized carbons (Fsp3) is 0.167. The largest absolute Gasteiger partial charge is 0.322 e. The fourth-order valence-corrected chi connectivity index (χ4v) is 3.42. The van der Waals surface area contributed by atoms with Gasteiger partial charge >= 0.3 is 0 Å². The van der Waals surface area contributed by atoms with Gasteiger partial charge in [-0.2, -0.15) is 5.10 Å². The van der Waals surface area contributed by atoms with E-state index in [1.165, 1.54) is 10.7 Å². The van der Waals surface area contributed by atoms with Crippen molar-refractivity contribution in [1.29, 1.82) is 0 Å². The molecule has 0 unspecified atom stereocenters. The Bertz CT molecular complexity index is 1240. The zero-order chi connectivity index (χ0) is 22.7. The molecule has 7 nitrogen and oxygen atoms in total. The van der Waals surface area contributed by atoms with Crippen molar-refractivity contribution in [3.63, 3.8) is 0 Å². The molecular weight excluding hydrogens is 409 g/mol. The summed E-state index contributed by atoms with van der Waals surface area (Å²) in [6.07, 6.45) is 2.54. The molecule has 8 heteroatoms. The zero-order valence-electron chi connectivity index (χ0n) is 17.7. The van der Waals surface area contributed by atoms with Crippen LogP contribution >= 0.6 is 0 Å². The van der Waals surface area contributed by atoms with Gasteiger partial charge in [-0.05, 0) is 43.7 Å². The van der Waals surface area contributed by atoms with Crippen LogP contribution in [0.15, 0.2) is 71.2 Å². The molecule has 2 N–H and O–H groups in total. The molecule has 0 radical (unpaired) electrons. The van der Waals surface area contributed by atoms with Crippen molar-refractivity contribution in [2.24, 2.45) is 12.0 Å². The predicted octanol–water partition coefficient (Wildman–Crippen LogP) is 4.21. The SMILES string of the molecule is CC1=NCCC=C1C(=O)Nc1ccc(-c2cc(NC(=O)c3ccccc3)n(C)n2)c(F)c1. The van der Waals surface area contributed by atoms with Crippen molar-refractivity contribution in [3.8, 4) is 11.3 Å². The lowest BCUT2D eigenvalue weighted by atomic mass is 10.1. The molecular formula is C24H22FN5O2. The van der Waals surface area contributed by atoms with Crippen LogP contribution in [-0.4, -0.2) is 33.9 Å². The number of nitrogens with zero attached hydrogens (tertiary/aromatic N) is 3. The number of hydrogen-bond donors (Lipinski definition) is 2. The van der Waals surface area contributed by atoms with E-state index in [1.54, 1.807) is 56.4 Å². The molecule has 2 heterocycles. The number of halogens is 1. The number of aryl methyl sites for hydroxylation is 1. The van der Waals surface area contributed by atoms with Crippen LogP contribution < -0.4 is 10.6 Å². The number of carbonyl (C=O) groups is 2. The molecule has 0 saturated heterocycles. The van der Waals surface area contributed by atoms with Crippen molar-refractivity contribution >= 4 is 29.0 Å². The third-order valence-corrected chi connectivity index (χ3v) is 5.12. The molecule has 2 amide bonds. The zero-order valence-corrected chi connectivity index (χ0v) is 17.7. The van der Waals surface area contributed by atoms with Crippen LogP contribution in [-0.2, 0) is 11.8 Å². The first-order valence-electron chi connectivity index (χ1n) is 10.2. The molecule has 0 atom stereocenters. The maximum atomic E-state index is 14.8. The summed E-state index contributed by atoms with van der Waals surface area (Å²) in [5, 5.41) is 9.80. The maximum Gasteiger partial charge on any atom is 0.257 e. The number of aliphatic imine (C=N–C) groups is 1. The summed E-state index contributed by atoms with van der Waals surface area (Å²) in [6.45, 7) is 2.45. The molecule has 0 aliphatic carbocycles. The Morgan fingerprint density at radius 2 is 1.81 bits per heavy atom. The van der Waals surface area contributed by atoms with Gasteiger partial charge in [0.25, 0.3) is 11.8 Å². The lowest BCUT2D eigenvalue weighted by Crippen LogP contribution is -2.21. The Kier molecular flexibility index (Phi) is 5.93. The average molecular weight is 431 g/mol. The predicted molar refractivity (Wildman–Crippen MR) is 122 cm³/mol. The van der Waals surface area contributed by atoms with Crippen LogP contribution in [0.2, 0.25) is 0 Å². The molecule has 0 saturated carbocycles. The summed E-state index contributed by atoms with van der Waals surface area (Å²) in [4.78, 5) is 29.1. The first-order chi connectivity index (χ1) is 15.4. The Balaban J connectivity index is 1.50. The van der Waals surface area contributed by atoms with Crippen LogP contribution in [0.1, 0.15) is 23.7 Å². The van der Waals surface area contributed by atoms with Crippen LogP contribution in [0.5, 0.6) is 0 Å². The number of nitrogens with one attached hydrogen (secondary N) is 2. The van der Waals surface area contributed by atoms with Gasteiger partial charge in [0.05, 0.1) is 11.3 Å². The summed E-state index contributed by atoms with van der Waals surface area (Å²) in [5.74, 6) is -0.703. The Morgan fingerprint density at radius 1 is 1.03 bits per heavy atom. The molecule has 0 fully saturated rings. The molecule has 1 aromatic heterocycles. The monoisotopic (exact) mass is 431 g/mol. The Morgan fingerprint density at radius 3 is 2.53 bits per heavy atom. The topological polar surface area (TPSA) is 88.4 Å². The second kappa shape index (κ2) is 8.97. The van der Waals surface area contributed by atoms with E-state index in [4.69, 9.17) is 0 Å². The van der Waals surface area contributed by atoms with Crippen LogP contribution in [0.25, 0.3) is 11.3 Å². The van der Waals surface area contributed by atoms with E-state index in [0.717, 1.165) is 0 Å². The third-order valence-electron chi connectivity index (χ3n) is 5.12. The summed E-state index contributed by atoms with van der Waals surface area (Å²) in [6, 6.07) is 14.8. The number of benzene rings is 2. The van der Waals surface area contributed by atoms with E-state index < -0.39 is 5.82 Å². The highest BCUT2D eigenvalue weighted by atomic mass is 19.1. The van der Waals surface area contributed by atoms with E-state index in [0.29, 0.717) is 47.0 Å². The van der Waals surface area contributed by atoms with Gasteiger partial charge < -0.3 is 10.6 Å². The Hall–Kier alpha value is -4.07. The lowest BCUT2D eigenvalue weighted by molar-refractivity contribution is -0.112. The van der Waals surface area contributed by atoms with Crippen LogP contribution in [0.3, 0.4) is 0 Å². The highest BCUT2D eigenvalue weighted by Crippen LogP contribution is 2.27. The maximum absolute atomic E-state index is 14.8. The second-order valence-electron chi connectivity index (χ2n) is 7.38. The standard InChI is InChI=1S/C24H22FN5O2/c1-15-18(9-6-12-26-15)24(32)27-17-10-11-19(20(25)13-17)21-14-22(30(2)29-21)28-23(31)16-7-4-3-5-8-16/h3-5,7-11,13-14H,6,12H2,1-2H3,(H,27,32)(H,28,31). The number of carbonyl (C=O) groups excluding carboxylic acids is 2. The summed E-state index contributed by atoms with van der Waals surface area (Å²) in [5.41, 5.74) is 2.64. The fourth-order valence-electron chi connectivity index (χ4n) is 3.42. The molecule has 4 rings (SSSR count). The first-order valence-corrected chi connectivity index (χ1v) is 10.2. The van der Waals surface area contributed by atoms with Crippen molar-refractivity contribution in [2.75, 3.05) is 17.2 Å². The number of dihydropyridines is 1. The van der Waals surface area contributed by atoms with Gasteiger partial charge in [0.2, 0.25) is 0 Å². The normalized spacial score (nSPS) is 13.2. The van der Waals surface area contributed by atoms with Gasteiger partial charge in [-0.1, -0.05) is 24.3 Å². The number of amides is 2. The third kappa shape index (κ3) is 4.49. The van der Waals surface area contributed by atoms with Gasteiger partial charge in [-0.3, -0.25) is 19.3 Å². The Labute approximate surface area is 184 Å². The van der Waals surface area contributed by atoms with Gasteiger partial charge in [-0.25, -0.2) is 4.39 Å². The molecule has 0 spiro atoms. The van der Waals surface area contributed by atoms with Gasteiger partial charge in [-0.15, -0.1) is 0 Å². The van der Waals surface area contributed by atoms with Gasteiger partial charge in [0.1, 0.15) is 11.6 Å². The van der Waals surface area contributed by atoms with E-state index in [1.807, 2.05) is 12.1 Å². The molecule has 32 heavy (non-hydrogen) atoms. The van der Waals surface area contributed by atoms with Gasteiger partial charge in [0.15, 0.2) is 0 Å². The van der Waals surface area contributed by atoms with E-state index in [2.05, 4.69) is 20.7 Å². The second-order valence-corrected chi connectivity index (χ2v) is 7.38. The molecule has 0 bridgehead atoms. The summed E-state index contributed by atoms with van der Waals surface area (Å²) >= 11 is 0. The van der Waals surface area contributed by atoms with E-state index in [9.17, 15) is 14.0 Å². The number of aromatic nitrogens is 2. The van der Waals surface area contributed by atoms with Crippen LogP contribution in [0, 0.1) is 5.82 Å². The lowest BCUT2D eigenvalue weighted by Gasteiger charge is -2.12. The minimum Gasteiger partial charge on any atom is -0.322 e. The quantitative estimate of drug-likeness (QED) is 0.634. The highest BCUT2D eigenvalue weighted by molar-refractivity contribution is 6.24. The van der Waals surface area contributed by atoms with Crippen molar-refractivity contribution < 1.29 is 14.0 Å². The van der Waals surface area contributed by atoms with Crippen molar-refractivity contribution in [2.45, 2.75) is 13.3 Å². The van der Waals surface area contributed by atoms with Crippen molar-refractivity contribution in [1.82, 2.24) is 9.78 Å².